The maximum absolute atomic E-state index is 11.9. The molecule has 29 heavy (non-hydrogen) atoms. The van der Waals surface area contributed by atoms with Gasteiger partial charge in [-0.05, 0) is 71.1 Å². The van der Waals surface area contributed by atoms with Gasteiger partial charge in [-0.2, -0.15) is 0 Å². The number of anilines is 1. The van der Waals surface area contributed by atoms with E-state index in [2.05, 4.69) is 56.9 Å². The van der Waals surface area contributed by atoms with Crippen molar-refractivity contribution in [2.24, 2.45) is 5.92 Å². The number of β-amino-alcohol motifs (C(OH)–C–C–N with tert-alkyl or cyclic N) is 1. The minimum absolute atomic E-state index is 0.244. The number of aryl methyl sites for hydroxylation is 2. The first-order valence-corrected chi connectivity index (χ1v) is 10.6. The first kappa shape index (κ1) is 22.3. The van der Waals surface area contributed by atoms with Crippen molar-refractivity contribution >= 4 is 5.69 Å². The van der Waals surface area contributed by atoms with Crippen LogP contribution in [0.5, 0.6) is 0 Å². The molecule has 0 spiro atoms. The summed E-state index contributed by atoms with van der Waals surface area (Å²) in [7, 11) is 1.55. The van der Waals surface area contributed by atoms with E-state index in [-0.39, 0.29) is 6.04 Å². The van der Waals surface area contributed by atoms with Crippen molar-refractivity contribution in [3.63, 3.8) is 0 Å². The zero-order chi connectivity index (χ0) is 21.6. The van der Waals surface area contributed by atoms with Gasteiger partial charge in [0.1, 0.15) is 0 Å². The molecule has 2 aliphatic rings. The number of hydrogen-bond acceptors (Lipinski definition) is 5. The monoisotopic (exact) mass is 403 g/mol. The predicted molar refractivity (Wildman–Crippen MR) is 116 cm³/mol. The van der Waals surface area contributed by atoms with Crippen LogP contribution in [0.1, 0.15) is 51.2 Å². The maximum atomic E-state index is 11.9. The Kier molecular flexibility index (Phi) is 6.17. The lowest BCUT2D eigenvalue weighted by atomic mass is 9.59. The number of methoxy groups -OCH3 is 1. The molecule has 1 heterocycles. The fourth-order valence-corrected chi connectivity index (χ4v) is 5.52. The summed E-state index contributed by atoms with van der Waals surface area (Å²) in [4.78, 5) is 2.18. The number of allylic oxidation sites excluding steroid dienone is 1. The molecule has 1 saturated heterocycles. The molecule has 1 aliphatic heterocycles. The van der Waals surface area contributed by atoms with Crippen molar-refractivity contribution in [1.82, 2.24) is 0 Å². The van der Waals surface area contributed by atoms with Gasteiger partial charge in [-0.25, -0.2) is 0 Å². The Labute approximate surface area is 175 Å². The Morgan fingerprint density at radius 3 is 2.59 bits per heavy atom. The van der Waals surface area contributed by atoms with E-state index in [0.29, 0.717) is 25.8 Å². The van der Waals surface area contributed by atoms with Gasteiger partial charge in [-0.15, -0.1) is 0 Å². The molecule has 1 aromatic rings. The van der Waals surface area contributed by atoms with Crippen molar-refractivity contribution in [2.75, 3.05) is 18.6 Å². The quantitative estimate of drug-likeness (QED) is 0.674. The lowest BCUT2D eigenvalue weighted by Gasteiger charge is -2.61. The van der Waals surface area contributed by atoms with E-state index in [4.69, 9.17) is 4.74 Å². The van der Waals surface area contributed by atoms with Gasteiger partial charge in [0.2, 0.25) is 0 Å². The number of rotatable bonds is 4. The first-order valence-electron chi connectivity index (χ1n) is 10.6. The minimum Gasteiger partial charge on any atom is -0.390 e. The van der Waals surface area contributed by atoms with E-state index in [0.717, 1.165) is 16.8 Å². The van der Waals surface area contributed by atoms with Gasteiger partial charge in [0.15, 0.2) is 0 Å². The molecule has 1 saturated carbocycles. The number of benzene rings is 1. The molecule has 0 amide bonds. The van der Waals surface area contributed by atoms with Crippen LogP contribution in [0.3, 0.4) is 0 Å². The van der Waals surface area contributed by atoms with E-state index < -0.39 is 29.3 Å². The molecule has 0 bridgehead atoms. The zero-order valence-electron chi connectivity index (χ0n) is 18.6. The third kappa shape index (κ3) is 3.98. The highest BCUT2D eigenvalue weighted by Crippen LogP contribution is 2.50. The molecular weight excluding hydrogens is 366 g/mol. The fourth-order valence-electron chi connectivity index (χ4n) is 5.52. The van der Waals surface area contributed by atoms with Gasteiger partial charge < -0.3 is 25.0 Å². The number of nitrogens with zero attached hydrogens (tertiary/aromatic N) is 1. The van der Waals surface area contributed by atoms with E-state index in [9.17, 15) is 15.3 Å². The summed E-state index contributed by atoms with van der Waals surface area (Å²) in [5.41, 5.74) is 2.11. The summed E-state index contributed by atoms with van der Waals surface area (Å²) in [6.07, 6.45) is 2.41. The van der Waals surface area contributed by atoms with Gasteiger partial charge in [-0.1, -0.05) is 23.8 Å². The van der Waals surface area contributed by atoms with Crippen LogP contribution >= 0.6 is 0 Å². The maximum Gasteiger partial charge on any atom is 0.0914 e. The molecule has 0 aromatic heterocycles. The van der Waals surface area contributed by atoms with Crippen molar-refractivity contribution in [3.05, 3.63) is 41.0 Å². The van der Waals surface area contributed by atoms with Crippen LogP contribution in [0.4, 0.5) is 5.69 Å². The molecule has 5 nitrogen and oxygen atoms in total. The number of ether oxygens (including phenoxy) is 1. The summed E-state index contributed by atoms with van der Waals surface area (Å²) >= 11 is 0. The lowest BCUT2D eigenvalue weighted by Crippen LogP contribution is -2.75. The van der Waals surface area contributed by atoms with Gasteiger partial charge >= 0.3 is 0 Å². The number of fused-ring (bicyclic) bond motifs is 1. The van der Waals surface area contributed by atoms with E-state index >= 15 is 0 Å². The fraction of sp³-hybridized carbons (Fsp3) is 0.667. The molecule has 1 aromatic carbocycles. The summed E-state index contributed by atoms with van der Waals surface area (Å²) in [6.45, 7) is 10.4. The molecule has 3 rings (SSSR count). The van der Waals surface area contributed by atoms with Gasteiger partial charge in [0.25, 0.3) is 0 Å². The Bertz CT molecular complexity index is 770. The van der Waals surface area contributed by atoms with Crippen LogP contribution in [-0.4, -0.2) is 58.4 Å². The average molecular weight is 404 g/mol. The highest BCUT2D eigenvalue weighted by molar-refractivity contribution is 5.57. The summed E-state index contributed by atoms with van der Waals surface area (Å²) in [5.74, 6) is -0.569. The van der Waals surface area contributed by atoms with Crippen molar-refractivity contribution in [2.45, 2.75) is 83.3 Å². The summed E-state index contributed by atoms with van der Waals surface area (Å²) < 4.78 is 5.63. The topological polar surface area (TPSA) is 73.2 Å². The normalized spacial score (nSPS) is 37.2. The SMILES string of the molecule is CO[C@@H]1[C@H](O)CC[C@]2(O)CN(c3cc(C)ccc3C)[C@@H](CC=C(C)C)[C@](C)(O)[C@@H]12. The van der Waals surface area contributed by atoms with E-state index in [1.54, 1.807) is 14.0 Å². The zero-order valence-corrected chi connectivity index (χ0v) is 18.6. The largest absolute Gasteiger partial charge is 0.390 e. The molecule has 0 unspecified atom stereocenters. The molecule has 162 valence electrons. The number of aliphatic hydroxyl groups is 3. The molecule has 3 N–H and O–H groups in total. The third-order valence-electron chi connectivity index (χ3n) is 6.98. The summed E-state index contributed by atoms with van der Waals surface area (Å²) in [5, 5.41) is 34.2. The second-order valence-electron chi connectivity index (χ2n) is 9.56. The van der Waals surface area contributed by atoms with Gasteiger partial charge in [0, 0.05) is 25.3 Å². The molecule has 2 fully saturated rings. The summed E-state index contributed by atoms with van der Waals surface area (Å²) in [6, 6.07) is 6.07. The molecule has 0 radical (unpaired) electrons. The van der Waals surface area contributed by atoms with Gasteiger partial charge in [0.05, 0.1) is 29.5 Å². The molecule has 6 atom stereocenters. The second-order valence-corrected chi connectivity index (χ2v) is 9.56. The third-order valence-corrected chi connectivity index (χ3v) is 6.98. The van der Waals surface area contributed by atoms with Crippen LogP contribution in [0.25, 0.3) is 0 Å². The van der Waals surface area contributed by atoms with Crippen LogP contribution in [0.2, 0.25) is 0 Å². The number of hydrogen-bond donors (Lipinski definition) is 3. The number of piperidine rings is 1. The smallest absolute Gasteiger partial charge is 0.0914 e. The molecular formula is C24H37NO4. The Morgan fingerprint density at radius 2 is 1.97 bits per heavy atom. The Hall–Kier alpha value is -1.40. The highest BCUT2D eigenvalue weighted by Gasteiger charge is 2.63. The van der Waals surface area contributed by atoms with Crippen LogP contribution in [0, 0.1) is 19.8 Å². The Morgan fingerprint density at radius 1 is 1.28 bits per heavy atom. The Balaban J connectivity index is 2.14. The van der Waals surface area contributed by atoms with Crippen molar-refractivity contribution < 1.29 is 20.1 Å². The minimum atomic E-state index is -1.25. The standard InChI is InChI=1S/C24H37NO4/c1-15(2)7-10-20-23(5,27)22-21(29-6)19(26)11-12-24(22,28)14-25(20)18-13-16(3)8-9-17(18)4/h7-9,13,19-22,26-28H,10-12,14H2,1-6H3/t19-,20+,21-,22-,23+,24+/m1/s1. The highest BCUT2D eigenvalue weighted by atomic mass is 16.5. The predicted octanol–water partition coefficient (Wildman–Crippen LogP) is 3.12. The van der Waals surface area contributed by atoms with Crippen LogP contribution in [-0.2, 0) is 4.74 Å². The molecule has 1 aliphatic carbocycles. The molecule has 5 heteroatoms. The lowest BCUT2D eigenvalue weighted by molar-refractivity contribution is -0.232. The van der Waals surface area contributed by atoms with Crippen molar-refractivity contribution in [3.8, 4) is 0 Å². The van der Waals surface area contributed by atoms with Gasteiger partial charge in [-0.3, -0.25) is 0 Å². The average Bonchev–Trinajstić information content (AvgIpc) is 2.63. The second kappa shape index (κ2) is 8.03. The van der Waals surface area contributed by atoms with Crippen LogP contribution in [0.15, 0.2) is 29.8 Å². The number of aliphatic hydroxyl groups excluding tert-OH is 1. The van der Waals surface area contributed by atoms with E-state index in [1.165, 1.54) is 5.57 Å². The first-order chi connectivity index (χ1) is 13.5. The van der Waals surface area contributed by atoms with E-state index in [1.807, 2.05) is 0 Å². The van der Waals surface area contributed by atoms with Crippen LogP contribution < -0.4 is 4.90 Å². The van der Waals surface area contributed by atoms with Crippen molar-refractivity contribution in [1.29, 1.82) is 0 Å².